The maximum Gasteiger partial charge on any atom is 0.240 e. The van der Waals surface area contributed by atoms with Crippen LogP contribution in [-0.4, -0.2) is 6.43 Å². The third-order valence-corrected chi connectivity index (χ3v) is 1.66. The minimum Gasteiger partial charge on any atom is -0.324 e. The van der Waals surface area contributed by atoms with E-state index in [0.717, 1.165) is 5.56 Å². The third-order valence-electron chi connectivity index (χ3n) is 1.66. The summed E-state index contributed by atoms with van der Waals surface area (Å²) in [4.78, 5) is 0. The van der Waals surface area contributed by atoms with Crippen LogP contribution < -0.4 is 5.73 Å². The van der Waals surface area contributed by atoms with Crippen molar-refractivity contribution in [3.63, 3.8) is 0 Å². The van der Waals surface area contributed by atoms with Crippen LogP contribution in [0.2, 0.25) is 0 Å². The highest BCUT2D eigenvalue weighted by Crippen LogP contribution is 2.16. The van der Waals surface area contributed by atoms with Gasteiger partial charge in [-0.25, -0.2) is 8.78 Å². The molecule has 0 spiro atoms. The summed E-state index contributed by atoms with van der Waals surface area (Å²) < 4.78 is 23.8. The van der Waals surface area contributed by atoms with Crippen molar-refractivity contribution in [1.29, 1.82) is 0 Å². The molecule has 0 aromatic heterocycles. The van der Waals surface area contributed by atoms with Crippen LogP contribution in [0, 0.1) is 0 Å². The standard InChI is InChI=1S/C9H11F2N/c10-9(11)6-8(12)7-4-2-1-3-5-7/h1-5,8-9H,6,12H2/t8-/m1/s1. The van der Waals surface area contributed by atoms with Crippen LogP contribution in [-0.2, 0) is 0 Å². The van der Waals surface area contributed by atoms with Crippen molar-refractivity contribution in [2.45, 2.75) is 18.9 Å². The molecule has 0 radical (unpaired) electrons. The molecule has 0 amide bonds. The first-order chi connectivity index (χ1) is 5.70. The van der Waals surface area contributed by atoms with Crippen molar-refractivity contribution in [2.75, 3.05) is 0 Å². The fourth-order valence-electron chi connectivity index (χ4n) is 1.03. The molecule has 0 saturated heterocycles. The van der Waals surface area contributed by atoms with Gasteiger partial charge in [0.1, 0.15) is 0 Å². The summed E-state index contributed by atoms with van der Waals surface area (Å²) in [5.74, 6) is 0. The monoisotopic (exact) mass is 171 g/mol. The molecule has 1 aromatic carbocycles. The molecule has 0 fully saturated rings. The lowest BCUT2D eigenvalue weighted by molar-refractivity contribution is 0.128. The predicted molar refractivity (Wildman–Crippen MR) is 44.0 cm³/mol. The Morgan fingerprint density at radius 1 is 1.17 bits per heavy atom. The maximum absolute atomic E-state index is 11.9. The van der Waals surface area contributed by atoms with E-state index in [1.165, 1.54) is 0 Å². The molecule has 0 aliphatic carbocycles. The van der Waals surface area contributed by atoms with Gasteiger partial charge < -0.3 is 5.73 Å². The van der Waals surface area contributed by atoms with E-state index in [-0.39, 0.29) is 6.42 Å². The quantitative estimate of drug-likeness (QED) is 0.742. The maximum atomic E-state index is 11.9. The van der Waals surface area contributed by atoms with Gasteiger partial charge in [0.2, 0.25) is 6.43 Å². The second kappa shape index (κ2) is 4.16. The average Bonchev–Trinajstić information content (AvgIpc) is 2.05. The molecule has 1 aromatic rings. The first kappa shape index (κ1) is 9.13. The highest BCUT2D eigenvalue weighted by Gasteiger charge is 2.11. The van der Waals surface area contributed by atoms with Crippen molar-refractivity contribution in [3.8, 4) is 0 Å². The summed E-state index contributed by atoms with van der Waals surface area (Å²) in [7, 11) is 0. The Morgan fingerprint density at radius 2 is 1.75 bits per heavy atom. The van der Waals surface area contributed by atoms with Crippen molar-refractivity contribution in [2.24, 2.45) is 5.73 Å². The molecule has 0 saturated carbocycles. The zero-order valence-electron chi connectivity index (χ0n) is 6.58. The normalized spacial score (nSPS) is 13.3. The zero-order chi connectivity index (χ0) is 8.97. The van der Waals surface area contributed by atoms with E-state index < -0.39 is 12.5 Å². The predicted octanol–water partition coefficient (Wildman–Crippen LogP) is 2.34. The van der Waals surface area contributed by atoms with Gasteiger partial charge in [-0.2, -0.15) is 0 Å². The summed E-state index contributed by atoms with van der Waals surface area (Å²) >= 11 is 0. The van der Waals surface area contributed by atoms with Gasteiger partial charge in [0.25, 0.3) is 0 Å². The molecule has 0 aliphatic rings. The SMILES string of the molecule is N[C@H](CC(F)F)c1ccccc1. The Hall–Kier alpha value is -0.960. The molecule has 1 nitrogen and oxygen atoms in total. The Morgan fingerprint density at radius 3 is 2.25 bits per heavy atom. The van der Waals surface area contributed by atoms with Gasteiger partial charge in [0.05, 0.1) is 0 Å². The van der Waals surface area contributed by atoms with E-state index in [1.807, 2.05) is 6.07 Å². The zero-order valence-corrected chi connectivity index (χ0v) is 6.58. The number of alkyl halides is 2. The van der Waals surface area contributed by atoms with Crippen LogP contribution in [0.25, 0.3) is 0 Å². The molecule has 0 heterocycles. The smallest absolute Gasteiger partial charge is 0.240 e. The first-order valence-electron chi connectivity index (χ1n) is 3.79. The number of hydrogen-bond donors (Lipinski definition) is 1. The highest BCUT2D eigenvalue weighted by atomic mass is 19.3. The Bertz CT molecular complexity index is 223. The minimum absolute atomic E-state index is 0.274. The van der Waals surface area contributed by atoms with Gasteiger partial charge in [0.15, 0.2) is 0 Å². The van der Waals surface area contributed by atoms with E-state index >= 15 is 0 Å². The fourth-order valence-corrected chi connectivity index (χ4v) is 1.03. The Kier molecular flexibility index (Phi) is 3.17. The summed E-state index contributed by atoms with van der Waals surface area (Å²) in [5, 5.41) is 0. The van der Waals surface area contributed by atoms with Gasteiger partial charge >= 0.3 is 0 Å². The number of benzene rings is 1. The summed E-state index contributed by atoms with van der Waals surface area (Å²) in [6.07, 6.45) is -2.61. The molecular weight excluding hydrogens is 160 g/mol. The molecule has 12 heavy (non-hydrogen) atoms. The van der Waals surface area contributed by atoms with Crippen molar-refractivity contribution < 1.29 is 8.78 Å². The van der Waals surface area contributed by atoms with Gasteiger partial charge in [-0.05, 0) is 5.56 Å². The fraction of sp³-hybridized carbons (Fsp3) is 0.333. The van der Waals surface area contributed by atoms with Gasteiger partial charge in [-0.3, -0.25) is 0 Å². The number of rotatable bonds is 3. The molecule has 2 N–H and O–H groups in total. The van der Waals surface area contributed by atoms with Crippen LogP contribution in [0.1, 0.15) is 18.0 Å². The summed E-state index contributed by atoms with van der Waals surface area (Å²) in [5.41, 5.74) is 6.28. The molecule has 1 rings (SSSR count). The summed E-state index contributed by atoms with van der Waals surface area (Å²) in [6, 6.07) is 8.38. The molecule has 0 bridgehead atoms. The Balaban J connectivity index is 2.59. The van der Waals surface area contributed by atoms with E-state index in [9.17, 15) is 8.78 Å². The topological polar surface area (TPSA) is 26.0 Å². The lowest BCUT2D eigenvalue weighted by Gasteiger charge is -2.10. The molecule has 66 valence electrons. The van der Waals surface area contributed by atoms with E-state index in [2.05, 4.69) is 0 Å². The van der Waals surface area contributed by atoms with Crippen LogP contribution >= 0.6 is 0 Å². The number of nitrogens with two attached hydrogens (primary N) is 1. The van der Waals surface area contributed by atoms with E-state index in [4.69, 9.17) is 5.73 Å². The lowest BCUT2D eigenvalue weighted by Crippen LogP contribution is -2.13. The van der Waals surface area contributed by atoms with Gasteiger partial charge in [-0.15, -0.1) is 0 Å². The average molecular weight is 171 g/mol. The molecule has 0 unspecified atom stereocenters. The molecule has 1 atom stereocenters. The lowest BCUT2D eigenvalue weighted by atomic mass is 10.1. The molecule has 3 heteroatoms. The third kappa shape index (κ3) is 2.58. The second-order valence-electron chi connectivity index (χ2n) is 2.64. The highest BCUT2D eigenvalue weighted by molar-refractivity contribution is 5.18. The second-order valence-corrected chi connectivity index (χ2v) is 2.64. The first-order valence-corrected chi connectivity index (χ1v) is 3.79. The van der Waals surface area contributed by atoms with Crippen LogP contribution in [0.3, 0.4) is 0 Å². The van der Waals surface area contributed by atoms with Crippen LogP contribution in [0.4, 0.5) is 8.78 Å². The van der Waals surface area contributed by atoms with Gasteiger partial charge in [0, 0.05) is 12.5 Å². The minimum atomic E-state index is -2.33. The Labute approximate surface area is 70.2 Å². The van der Waals surface area contributed by atoms with Crippen LogP contribution in [0.15, 0.2) is 30.3 Å². The van der Waals surface area contributed by atoms with Crippen LogP contribution in [0.5, 0.6) is 0 Å². The molecule has 0 aliphatic heterocycles. The van der Waals surface area contributed by atoms with Crippen molar-refractivity contribution >= 4 is 0 Å². The van der Waals surface area contributed by atoms with Gasteiger partial charge in [-0.1, -0.05) is 30.3 Å². The van der Waals surface area contributed by atoms with E-state index in [0.29, 0.717) is 0 Å². The molecular formula is C9H11F2N. The number of halogens is 2. The van der Waals surface area contributed by atoms with E-state index in [1.54, 1.807) is 24.3 Å². The van der Waals surface area contributed by atoms with Crippen molar-refractivity contribution in [1.82, 2.24) is 0 Å². The summed E-state index contributed by atoms with van der Waals surface area (Å²) in [6.45, 7) is 0. The largest absolute Gasteiger partial charge is 0.324 e. The van der Waals surface area contributed by atoms with Crippen molar-refractivity contribution in [3.05, 3.63) is 35.9 Å². The number of hydrogen-bond acceptors (Lipinski definition) is 1.